The first-order valence-electron chi connectivity index (χ1n) is 7.67. The number of rotatable bonds is 4. The van der Waals surface area contributed by atoms with Crippen molar-refractivity contribution in [2.24, 2.45) is 17.8 Å². The summed E-state index contributed by atoms with van der Waals surface area (Å²) >= 11 is 0. The summed E-state index contributed by atoms with van der Waals surface area (Å²) in [6.07, 6.45) is 1.92. The van der Waals surface area contributed by atoms with Crippen LogP contribution in [0.1, 0.15) is 24.8 Å². The molecule has 1 aromatic carbocycles. The van der Waals surface area contributed by atoms with E-state index in [4.69, 9.17) is 9.47 Å². The first kappa shape index (κ1) is 14.5. The van der Waals surface area contributed by atoms with Gasteiger partial charge in [-0.1, -0.05) is 30.3 Å². The largest absolute Gasteiger partial charge is 0.461 e. The topological polar surface area (TPSA) is 55.8 Å². The summed E-state index contributed by atoms with van der Waals surface area (Å²) in [6, 6.07) is 9.72. The van der Waals surface area contributed by atoms with E-state index in [0.717, 1.165) is 18.4 Å². The van der Waals surface area contributed by atoms with E-state index in [2.05, 4.69) is 0 Å². The van der Waals surface area contributed by atoms with Crippen molar-refractivity contribution in [3.05, 3.63) is 35.9 Å². The van der Waals surface area contributed by atoms with Gasteiger partial charge in [-0.2, -0.15) is 0 Å². The van der Waals surface area contributed by atoms with Crippen LogP contribution in [0.25, 0.3) is 0 Å². The Morgan fingerprint density at radius 1 is 1.19 bits per heavy atom. The summed E-state index contributed by atoms with van der Waals surface area (Å²) in [6.45, 7) is 1.57. The lowest BCUT2D eigenvalue weighted by Crippen LogP contribution is -2.46. The molecule has 2 fully saturated rings. The van der Waals surface area contributed by atoms with Gasteiger partial charge in [0, 0.05) is 18.3 Å². The molecule has 4 heteroatoms. The SMILES string of the molecule is O=C(CC1CC2COCC(C1)C2O)OCc1ccccc1. The van der Waals surface area contributed by atoms with Gasteiger partial charge in [-0.3, -0.25) is 4.79 Å². The number of fused-ring (bicyclic) bond motifs is 2. The maximum atomic E-state index is 12.0. The molecule has 0 amide bonds. The Hall–Kier alpha value is -1.39. The fourth-order valence-corrected chi connectivity index (χ4v) is 3.52. The van der Waals surface area contributed by atoms with Crippen LogP contribution in [-0.2, 0) is 20.9 Å². The average Bonchev–Trinajstić information content (AvgIpc) is 2.47. The van der Waals surface area contributed by atoms with Gasteiger partial charge in [0.05, 0.1) is 19.3 Å². The van der Waals surface area contributed by atoms with Crippen molar-refractivity contribution in [3.8, 4) is 0 Å². The van der Waals surface area contributed by atoms with Crippen LogP contribution in [0.2, 0.25) is 0 Å². The fraction of sp³-hybridized carbons (Fsp3) is 0.588. The molecular formula is C17H22O4. The summed E-state index contributed by atoms with van der Waals surface area (Å²) in [5.41, 5.74) is 1.01. The monoisotopic (exact) mass is 290 g/mol. The van der Waals surface area contributed by atoms with E-state index in [1.807, 2.05) is 30.3 Å². The lowest BCUT2D eigenvalue weighted by atomic mass is 9.71. The second kappa shape index (κ2) is 6.58. The van der Waals surface area contributed by atoms with Crippen LogP contribution in [0.15, 0.2) is 30.3 Å². The molecule has 0 aromatic heterocycles. The van der Waals surface area contributed by atoms with Crippen molar-refractivity contribution in [1.82, 2.24) is 0 Å². The predicted molar refractivity (Wildman–Crippen MR) is 77.4 cm³/mol. The van der Waals surface area contributed by atoms with Gasteiger partial charge in [-0.15, -0.1) is 0 Å². The highest BCUT2D eigenvalue weighted by atomic mass is 16.5. The van der Waals surface area contributed by atoms with Gasteiger partial charge < -0.3 is 14.6 Å². The zero-order chi connectivity index (χ0) is 14.7. The number of ether oxygens (including phenoxy) is 2. The van der Waals surface area contributed by atoms with Crippen molar-refractivity contribution in [3.63, 3.8) is 0 Å². The van der Waals surface area contributed by atoms with Crippen LogP contribution >= 0.6 is 0 Å². The van der Waals surface area contributed by atoms with E-state index in [0.29, 0.717) is 32.2 Å². The maximum absolute atomic E-state index is 12.0. The van der Waals surface area contributed by atoms with Gasteiger partial charge in [0.15, 0.2) is 0 Å². The summed E-state index contributed by atoms with van der Waals surface area (Å²) in [5, 5.41) is 10.1. The minimum atomic E-state index is -0.254. The Bertz CT molecular complexity index is 459. The highest BCUT2D eigenvalue weighted by molar-refractivity contribution is 5.69. The van der Waals surface area contributed by atoms with E-state index in [1.165, 1.54) is 0 Å². The zero-order valence-electron chi connectivity index (χ0n) is 12.1. The third kappa shape index (κ3) is 3.63. The quantitative estimate of drug-likeness (QED) is 0.863. The molecule has 2 unspecified atom stereocenters. The van der Waals surface area contributed by atoms with Gasteiger partial charge in [-0.25, -0.2) is 0 Å². The second-order valence-corrected chi connectivity index (χ2v) is 6.24. The summed E-state index contributed by atoms with van der Waals surface area (Å²) < 4.78 is 10.8. The van der Waals surface area contributed by atoms with Crippen LogP contribution in [0.5, 0.6) is 0 Å². The number of carbonyl (C=O) groups is 1. The highest BCUT2D eigenvalue weighted by Crippen LogP contribution is 2.38. The Kier molecular flexibility index (Phi) is 4.56. The fourth-order valence-electron chi connectivity index (χ4n) is 3.52. The van der Waals surface area contributed by atoms with Crippen molar-refractivity contribution < 1.29 is 19.4 Å². The standard InChI is InChI=1S/C17H22O4/c18-16(21-9-12-4-2-1-3-5-12)8-13-6-14-10-20-11-15(7-13)17(14)19/h1-5,13-15,17,19H,6-11H2. The predicted octanol–water partition coefficient (Wildman–Crippen LogP) is 2.15. The molecule has 1 N–H and O–H groups in total. The number of esters is 1. The van der Waals surface area contributed by atoms with Crippen LogP contribution in [-0.4, -0.2) is 30.4 Å². The molecule has 2 atom stereocenters. The first-order valence-corrected chi connectivity index (χ1v) is 7.67. The maximum Gasteiger partial charge on any atom is 0.306 e. The molecule has 1 aliphatic heterocycles. The van der Waals surface area contributed by atoms with Gasteiger partial charge in [0.2, 0.25) is 0 Å². The Morgan fingerprint density at radius 2 is 1.86 bits per heavy atom. The molecule has 0 spiro atoms. The lowest BCUT2D eigenvalue weighted by molar-refractivity contribution is -0.150. The molecule has 4 nitrogen and oxygen atoms in total. The van der Waals surface area contributed by atoms with Crippen LogP contribution < -0.4 is 0 Å². The molecule has 3 rings (SSSR count). The third-order valence-electron chi connectivity index (χ3n) is 4.60. The average molecular weight is 290 g/mol. The minimum absolute atomic E-state index is 0.140. The van der Waals surface area contributed by atoms with E-state index < -0.39 is 0 Å². The molecule has 1 aliphatic carbocycles. The number of aliphatic hydroxyl groups is 1. The van der Waals surface area contributed by atoms with Gasteiger partial charge in [-0.05, 0) is 24.3 Å². The molecule has 114 valence electrons. The molecule has 0 radical (unpaired) electrons. The molecule has 1 heterocycles. The molecule has 1 saturated heterocycles. The van der Waals surface area contributed by atoms with Crippen LogP contribution in [0, 0.1) is 17.8 Å². The molecule has 2 bridgehead atoms. The van der Waals surface area contributed by atoms with E-state index in [9.17, 15) is 9.90 Å². The van der Waals surface area contributed by atoms with Gasteiger partial charge in [0.25, 0.3) is 0 Å². The highest BCUT2D eigenvalue weighted by Gasteiger charge is 2.40. The van der Waals surface area contributed by atoms with Gasteiger partial charge >= 0.3 is 5.97 Å². The van der Waals surface area contributed by atoms with Crippen LogP contribution in [0.4, 0.5) is 0 Å². The van der Waals surface area contributed by atoms with E-state index >= 15 is 0 Å². The summed E-state index contributed by atoms with van der Waals surface area (Å²) in [7, 11) is 0. The first-order chi connectivity index (χ1) is 10.2. The lowest BCUT2D eigenvalue weighted by Gasteiger charge is -2.42. The zero-order valence-corrected chi connectivity index (χ0v) is 12.1. The molecule has 2 aliphatic rings. The van der Waals surface area contributed by atoms with E-state index in [-0.39, 0.29) is 23.9 Å². The summed E-state index contributed by atoms with van der Waals surface area (Å²) in [5.74, 6) is 0.545. The van der Waals surface area contributed by atoms with Gasteiger partial charge in [0.1, 0.15) is 6.61 Å². The number of aliphatic hydroxyl groups excluding tert-OH is 1. The molecule has 1 saturated carbocycles. The van der Waals surface area contributed by atoms with Crippen molar-refractivity contribution in [2.75, 3.05) is 13.2 Å². The third-order valence-corrected chi connectivity index (χ3v) is 4.60. The van der Waals surface area contributed by atoms with Crippen molar-refractivity contribution in [2.45, 2.75) is 32.0 Å². The normalized spacial score (nSPS) is 31.7. The van der Waals surface area contributed by atoms with Crippen molar-refractivity contribution in [1.29, 1.82) is 0 Å². The summed E-state index contributed by atoms with van der Waals surface area (Å²) in [4.78, 5) is 12.0. The van der Waals surface area contributed by atoms with Crippen molar-refractivity contribution >= 4 is 5.97 Å². The number of benzene rings is 1. The molecular weight excluding hydrogens is 268 g/mol. The Labute approximate surface area is 125 Å². The smallest absolute Gasteiger partial charge is 0.306 e. The second-order valence-electron chi connectivity index (χ2n) is 6.24. The molecule has 1 aromatic rings. The number of hydrogen-bond donors (Lipinski definition) is 1. The van der Waals surface area contributed by atoms with E-state index in [1.54, 1.807) is 0 Å². The molecule has 21 heavy (non-hydrogen) atoms. The van der Waals surface area contributed by atoms with Crippen LogP contribution in [0.3, 0.4) is 0 Å². The Balaban J connectivity index is 1.47. The Morgan fingerprint density at radius 3 is 2.52 bits per heavy atom. The number of carbonyl (C=O) groups excluding carboxylic acids is 1. The number of hydrogen-bond acceptors (Lipinski definition) is 4. The minimum Gasteiger partial charge on any atom is -0.461 e.